The van der Waals surface area contributed by atoms with Crippen molar-refractivity contribution in [3.63, 3.8) is 0 Å². The van der Waals surface area contributed by atoms with Gasteiger partial charge < -0.3 is 9.88 Å². The first kappa shape index (κ1) is 10.8. The van der Waals surface area contributed by atoms with E-state index in [0.717, 1.165) is 18.4 Å². The van der Waals surface area contributed by atoms with Crippen LogP contribution in [0.4, 0.5) is 0 Å². The molecule has 0 saturated heterocycles. The second-order valence-corrected chi connectivity index (χ2v) is 6.18. The fourth-order valence-electron chi connectivity index (χ4n) is 3.46. The largest absolute Gasteiger partial charge is 0.355 e. The summed E-state index contributed by atoms with van der Waals surface area (Å²) < 4.78 is 1.19. The molecule has 0 spiro atoms. The molecule has 0 aromatic carbocycles. The molecule has 1 aromatic rings. The molecule has 88 valence electrons. The minimum Gasteiger partial charge on any atom is -0.355 e. The van der Waals surface area contributed by atoms with Crippen LogP contribution in [0.25, 0.3) is 0 Å². The van der Waals surface area contributed by atoms with Crippen LogP contribution in [-0.2, 0) is 6.54 Å². The van der Waals surface area contributed by atoms with E-state index in [4.69, 9.17) is 0 Å². The summed E-state index contributed by atoms with van der Waals surface area (Å²) in [6.45, 7) is 2.32. The summed E-state index contributed by atoms with van der Waals surface area (Å²) in [6.07, 6.45) is 7.97. The lowest BCUT2D eigenvalue weighted by Crippen LogP contribution is -2.32. The summed E-state index contributed by atoms with van der Waals surface area (Å²) in [4.78, 5) is 5.81. The Morgan fingerprint density at radius 2 is 2.12 bits per heavy atom. The van der Waals surface area contributed by atoms with Gasteiger partial charge in [-0.15, -0.1) is 0 Å². The average Bonchev–Trinajstić information content (AvgIpc) is 2.88. The highest BCUT2D eigenvalue weighted by Gasteiger charge is 2.33. The van der Waals surface area contributed by atoms with E-state index in [1.165, 1.54) is 42.4 Å². The maximum Gasteiger partial charge on any atom is 0.0868 e. The molecule has 0 amide bonds. The minimum absolute atomic E-state index is 0.763. The summed E-state index contributed by atoms with van der Waals surface area (Å²) in [7, 11) is 2.24. The van der Waals surface area contributed by atoms with Crippen LogP contribution in [0.5, 0.6) is 0 Å². The topological polar surface area (TPSA) is 19.0 Å². The van der Waals surface area contributed by atoms with Crippen LogP contribution < -0.4 is 0 Å². The molecule has 1 N–H and O–H groups in total. The number of hydrogen-bond donors (Lipinski definition) is 1. The molecule has 3 rings (SSSR count). The van der Waals surface area contributed by atoms with E-state index in [9.17, 15) is 0 Å². The lowest BCUT2D eigenvalue weighted by molar-refractivity contribution is 0.241. The van der Waals surface area contributed by atoms with Gasteiger partial charge in [0.25, 0.3) is 0 Å². The van der Waals surface area contributed by atoms with Crippen LogP contribution in [0.3, 0.4) is 0 Å². The molecule has 2 nitrogen and oxygen atoms in total. The van der Waals surface area contributed by atoms with Crippen LogP contribution in [0.2, 0.25) is 0 Å². The number of aromatic amines is 1. The summed E-state index contributed by atoms with van der Waals surface area (Å²) in [5.74, 6) is 1.68. The van der Waals surface area contributed by atoms with E-state index in [0.29, 0.717) is 0 Å². The third-order valence-electron chi connectivity index (χ3n) is 4.27. The predicted octanol–water partition coefficient (Wildman–Crippen LogP) is 3.50. The van der Waals surface area contributed by atoms with Gasteiger partial charge >= 0.3 is 0 Å². The molecule has 2 aliphatic rings. The van der Waals surface area contributed by atoms with Crippen LogP contribution >= 0.6 is 15.9 Å². The zero-order chi connectivity index (χ0) is 11.1. The zero-order valence-electron chi connectivity index (χ0n) is 9.80. The number of likely N-dealkylation sites (N-methyl/N-ethyl adjacent to an activating group) is 1. The molecule has 16 heavy (non-hydrogen) atoms. The Hall–Kier alpha value is -0.280. The Morgan fingerprint density at radius 3 is 2.88 bits per heavy atom. The maximum atomic E-state index is 3.63. The number of nitrogens with zero attached hydrogens (tertiary/aromatic N) is 1. The second kappa shape index (κ2) is 4.19. The van der Waals surface area contributed by atoms with Crippen molar-refractivity contribution in [2.24, 2.45) is 5.92 Å². The van der Waals surface area contributed by atoms with E-state index in [2.05, 4.69) is 39.1 Å². The van der Waals surface area contributed by atoms with Crippen molar-refractivity contribution in [2.75, 3.05) is 13.6 Å². The first-order valence-electron chi connectivity index (χ1n) is 6.30. The van der Waals surface area contributed by atoms with Gasteiger partial charge in [0.15, 0.2) is 0 Å². The first-order chi connectivity index (χ1) is 7.75. The maximum absolute atomic E-state index is 3.63. The smallest absolute Gasteiger partial charge is 0.0868 e. The third kappa shape index (κ3) is 1.74. The van der Waals surface area contributed by atoms with Crippen molar-refractivity contribution in [2.45, 2.75) is 38.1 Å². The molecule has 1 atom stereocenters. The molecule has 1 fully saturated rings. The van der Waals surface area contributed by atoms with Crippen LogP contribution in [0.1, 0.15) is 42.7 Å². The number of nitrogens with one attached hydrogen (secondary N) is 1. The van der Waals surface area contributed by atoms with E-state index in [-0.39, 0.29) is 0 Å². The predicted molar refractivity (Wildman–Crippen MR) is 69.5 cm³/mol. The highest BCUT2D eigenvalue weighted by molar-refractivity contribution is 9.10. The lowest BCUT2D eigenvalue weighted by atomic mass is 9.82. The van der Waals surface area contributed by atoms with Crippen LogP contribution in [0, 0.1) is 5.92 Å². The fourth-order valence-corrected chi connectivity index (χ4v) is 3.93. The Labute approximate surface area is 106 Å². The average molecular weight is 283 g/mol. The van der Waals surface area contributed by atoms with Crippen molar-refractivity contribution >= 4 is 15.9 Å². The Kier molecular flexibility index (Phi) is 2.84. The SMILES string of the molecule is CN1Cc2c(c[nH]c2Br)C(C2CCCC2)C1. The lowest BCUT2D eigenvalue weighted by Gasteiger charge is -2.34. The molecule has 1 aliphatic heterocycles. The van der Waals surface area contributed by atoms with Crippen molar-refractivity contribution < 1.29 is 0 Å². The van der Waals surface area contributed by atoms with Gasteiger partial charge in [-0.25, -0.2) is 0 Å². The second-order valence-electron chi connectivity index (χ2n) is 5.38. The van der Waals surface area contributed by atoms with Gasteiger partial charge in [0.1, 0.15) is 0 Å². The van der Waals surface area contributed by atoms with Gasteiger partial charge in [0.2, 0.25) is 0 Å². The molecular weight excluding hydrogens is 264 g/mol. The molecule has 3 heteroatoms. The monoisotopic (exact) mass is 282 g/mol. The number of hydrogen-bond acceptors (Lipinski definition) is 1. The summed E-state index contributed by atoms with van der Waals surface area (Å²) in [5, 5.41) is 0. The van der Waals surface area contributed by atoms with Gasteiger partial charge in [-0.2, -0.15) is 0 Å². The van der Waals surface area contributed by atoms with Crippen molar-refractivity contribution in [3.8, 4) is 0 Å². The van der Waals surface area contributed by atoms with E-state index in [1.54, 1.807) is 5.56 Å². The number of fused-ring (bicyclic) bond motifs is 1. The van der Waals surface area contributed by atoms with Gasteiger partial charge in [-0.05, 0) is 47.3 Å². The molecule has 0 radical (unpaired) electrons. The van der Waals surface area contributed by atoms with Gasteiger partial charge in [0.05, 0.1) is 4.60 Å². The molecule has 1 saturated carbocycles. The Morgan fingerprint density at radius 1 is 1.38 bits per heavy atom. The quantitative estimate of drug-likeness (QED) is 0.835. The third-order valence-corrected chi connectivity index (χ3v) is 4.98. The molecule has 1 aliphatic carbocycles. The highest BCUT2D eigenvalue weighted by Crippen LogP contribution is 2.42. The van der Waals surface area contributed by atoms with Crippen molar-refractivity contribution in [3.05, 3.63) is 21.9 Å². The first-order valence-corrected chi connectivity index (χ1v) is 7.09. The van der Waals surface area contributed by atoms with Crippen molar-refractivity contribution in [1.82, 2.24) is 9.88 Å². The van der Waals surface area contributed by atoms with Gasteiger partial charge in [0, 0.05) is 30.8 Å². The van der Waals surface area contributed by atoms with E-state index >= 15 is 0 Å². The van der Waals surface area contributed by atoms with Gasteiger partial charge in [-0.1, -0.05) is 12.8 Å². The minimum atomic E-state index is 0.763. The van der Waals surface area contributed by atoms with Crippen molar-refractivity contribution in [1.29, 1.82) is 0 Å². The Balaban J connectivity index is 1.94. The van der Waals surface area contributed by atoms with E-state index < -0.39 is 0 Å². The van der Waals surface area contributed by atoms with E-state index in [1.807, 2.05) is 0 Å². The number of halogens is 1. The fraction of sp³-hybridized carbons (Fsp3) is 0.692. The van der Waals surface area contributed by atoms with Gasteiger partial charge in [-0.3, -0.25) is 0 Å². The standard InChI is InChI=1S/C13H19BrN2/c1-16-7-11(9-4-2-3-5-9)10-6-15-13(14)12(10)8-16/h6,9,11,15H,2-5,7-8H2,1H3. The molecular formula is C13H19BrN2. The summed E-state index contributed by atoms with van der Waals surface area (Å²) in [5.41, 5.74) is 3.07. The number of rotatable bonds is 1. The zero-order valence-corrected chi connectivity index (χ0v) is 11.4. The molecule has 2 heterocycles. The molecule has 1 unspecified atom stereocenters. The Bertz CT molecular complexity index is 379. The molecule has 1 aromatic heterocycles. The molecule has 0 bridgehead atoms. The number of H-pyrrole nitrogens is 1. The summed E-state index contributed by atoms with van der Waals surface area (Å²) >= 11 is 3.63. The highest BCUT2D eigenvalue weighted by atomic mass is 79.9. The summed E-state index contributed by atoms with van der Waals surface area (Å²) in [6, 6.07) is 0. The number of aromatic nitrogens is 1. The van der Waals surface area contributed by atoms with Crippen LogP contribution in [0.15, 0.2) is 10.8 Å². The van der Waals surface area contributed by atoms with Crippen LogP contribution in [-0.4, -0.2) is 23.5 Å². The normalized spacial score (nSPS) is 27.2.